The summed E-state index contributed by atoms with van der Waals surface area (Å²) in [5.41, 5.74) is 0. The quantitative estimate of drug-likeness (QED) is 0.160. The fourth-order valence-electron chi connectivity index (χ4n) is 2.28. The van der Waals surface area contributed by atoms with Crippen LogP contribution in [0.2, 0.25) is 0 Å². The maximum atomic E-state index is 4.25. The van der Waals surface area contributed by atoms with Gasteiger partial charge in [0.2, 0.25) is 0 Å². The Morgan fingerprint density at radius 2 is 0.794 bits per heavy atom. The van der Waals surface area contributed by atoms with Crippen molar-refractivity contribution in [2.75, 3.05) is 12.5 Å². The first-order valence-electron chi connectivity index (χ1n) is 10.0. The lowest BCUT2D eigenvalue weighted by atomic mass is 10.4. The van der Waals surface area contributed by atoms with Gasteiger partial charge in [-0.25, -0.2) is 0 Å². The Labute approximate surface area is 239 Å². The van der Waals surface area contributed by atoms with Crippen molar-refractivity contribution in [3.05, 3.63) is 109 Å². The lowest BCUT2D eigenvalue weighted by Crippen LogP contribution is -1.73. The van der Waals surface area contributed by atoms with Crippen molar-refractivity contribution in [1.82, 2.24) is 0 Å². The first-order valence-corrected chi connectivity index (χ1v) is 18.2. The molecule has 4 aromatic rings. The van der Waals surface area contributed by atoms with Gasteiger partial charge in [-0.15, -0.1) is 25.3 Å². The fourth-order valence-corrected chi connectivity index (χ4v) is 7.14. The highest BCUT2D eigenvalue weighted by atomic mass is 33.5. The van der Waals surface area contributed by atoms with Gasteiger partial charge in [0.15, 0.2) is 0 Å². The normalized spacial score (nSPS) is 9.88. The van der Waals surface area contributed by atoms with Crippen LogP contribution in [-0.2, 0) is 0 Å². The van der Waals surface area contributed by atoms with E-state index in [9.17, 15) is 0 Å². The second kappa shape index (κ2) is 18.9. The minimum Gasteiger partial charge on any atom is -0.143 e. The summed E-state index contributed by atoms with van der Waals surface area (Å²) in [4.78, 5) is 7.01. The van der Waals surface area contributed by atoms with Crippen LogP contribution in [0.25, 0.3) is 0 Å². The summed E-state index contributed by atoms with van der Waals surface area (Å²) in [7, 11) is 8.94. The van der Waals surface area contributed by atoms with E-state index in [1.165, 1.54) is 19.6 Å². The van der Waals surface area contributed by atoms with E-state index in [1.54, 1.807) is 64.8 Å². The smallest absolute Gasteiger partial charge is 0.0186 e. The van der Waals surface area contributed by atoms with Crippen molar-refractivity contribution < 1.29 is 0 Å². The van der Waals surface area contributed by atoms with E-state index >= 15 is 0 Å². The molecule has 0 spiro atoms. The Morgan fingerprint density at radius 3 is 1.09 bits per heavy atom. The van der Waals surface area contributed by atoms with Gasteiger partial charge in [-0.3, -0.25) is 0 Å². The van der Waals surface area contributed by atoms with E-state index in [1.807, 2.05) is 36.4 Å². The van der Waals surface area contributed by atoms with Gasteiger partial charge in [0.1, 0.15) is 0 Å². The van der Waals surface area contributed by atoms with Crippen LogP contribution in [0.3, 0.4) is 0 Å². The first kappa shape index (κ1) is 29.9. The van der Waals surface area contributed by atoms with Gasteiger partial charge in [0.05, 0.1) is 0 Å². The molecule has 0 bridgehead atoms. The summed E-state index contributed by atoms with van der Waals surface area (Å²) in [6.45, 7) is 0. The lowest BCUT2D eigenvalue weighted by Gasteiger charge is -2.01. The van der Waals surface area contributed by atoms with Crippen LogP contribution in [0.15, 0.2) is 139 Å². The van der Waals surface area contributed by atoms with Gasteiger partial charge >= 0.3 is 0 Å². The highest BCUT2D eigenvalue weighted by molar-refractivity contribution is 9.09. The van der Waals surface area contributed by atoms with Crippen molar-refractivity contribution in [2.45, 2.75) is 29.4 Å². The molecule has 0 saturated carbocycles. The minimum absolute atomic E-state index is 0.991. The molecule has 0 saturated heterocycles. The molecule has 0 heterocycles. The molecular formula is C26H26S8. The van der Waals surface area contributed by atoms with Gasteiger partial charge in [-0.2, -0.15) is 0 Å². The van der Waals surface area contributed by atoms with Crippen LogP contribution in [-0.4, -0.2) is 12.5 Å². The summed E-state index contributed by atoms with van der Waals surface area (Å²) >= 11 is 10.2. The van der Waals surface area contributed by atoms with Gasteiger partial charge in [-0.1, -0.05) is 91.3 Å². The monoisotopic (exact) mass is 594 g/mol. The predicted molar refractivity (Wildman–Crippen MR) is 171 cm³/mol. The molecule has 0 amide bonds. The molecule has 8 heteroatoms. The molecule has 0 aliphatic heterocycles. The van der Waals surface area contributed by atoms with Gasteiger partial charge < -0.3 is 0 Å². The van der Waals surface area contributed by atoms with E-state index in [0.29, 0.717) is 0 Å². The molecule has 0 radical (unpaired) electrons. The third-order valence-electron chi connectivity index (χ3n) is 3.77. The lowest BCUT2D eigenvalue weighted by molar-refractivity contribution is 1.32. The highest BCUT2D eigenvalue weighted by Crippen LogP contribution is 2.36. The van der Waals surface area contributed by atoms with Crippen LogP contribution >= 0.6 is 90.0 Å². The van der Waals surface area contributed by atoms with E-state index < -0.39 is 0 Å². The van der Waals surface area contributed by atoms with Gasteiger partial charge in [0, 0.05) is 29.4 Å². The molecule has 0 atom stereocenters. The summed E-state index contributed by atoms with van der Waals surface area (Å²) in [5, 5.41) is 0. The molecule has 0 aliphatic rings. The minimum atomic E-state index is 0.991. The molecule has 0 unspecified atom stereocenters. The standard InChI is InChI=1S/C12H10S3.C12H10S2.C2H6S3/c13-9-1-5-11(6-2-9)15-12-7-3-10(14)4-8-12;1-3-7-11(8-4-1)13-14-12-9-5-2-6-10-12;1-3-5-4-2/h1-8,13-14H;1-10H;1-2H3. The van der Waals surface area contributed by atoms with Gasteiger partial charge in [-0.05, 0) is 95.1 Å². The highest BCUT2D eigenvalue weighted by Gasteiger charge is 1.97. The third kappa shape index (κ3) is 13.7. The van der Waals surface area contributed by atoms with Crippen LogP contribution in [0.5, 0.6) is 0 Å². The molecule has 0 aliphatic carbocycles. The molecular weight excluding hydrogens is 569 g/mol. The van der Waals surface area contributed by atoms with Crippen LogP contribution in [0, 0.1) is 0 Å². The molecule has 178 valence electrons. The Morgan fingerprint density at radius 1 is 0.441 bits per heavy atom. The van der Waals surface area contributed by atoms with E-state index in [0.717, 1.165) is 9.79 Å². The zero-order chi connectivity index (χ0) is 24.4. The SMILES string of the molecule is CSSSC.Sc1ccc(Sc2ccc(S)cc2)cc1.c1ccc(SSc2ccccc2)cc1. The maximum absolute atomic E-state index is 4.25. The predicted octanol–water partition coefficient (Wildman–Crippen LogP) is 11.2. The molecule has 0 nitrogen and oxygen atoms in total. The number of hydrogen-bond donors (Lipinski definition) is 2. The van der Waals surface area contributed by atoms with Crippen molar-refractivity contribution in [1.29, 1.82) is 0 Å². The Hall–Kier alpha value is -0.320. The maximum Gasteiger partial charge on any atom is 0.0186 e. The third-order valence-corrected chi connectivity index (χ3v) is 11.3. The Bertz CT molecular complexity index is 939. The average molecular weight is 595 g/mol. The summed E-state index contributed by atoms with van der Waals surface area (Å²) in [6.07, 6.45) is 4.14. The number of hydrogen-bond acceptors (Lipinski definition) is 8. The molecule has 0 aromatic heterocycles. The molecule has 0 N–H and O–H groups in total. The van der Waals surface area contributed by atoms with E-state index in [2.05, 4.69) is 111 Å². The second-order valence-corrected chi connectivity index (χ2v) is 15.2. The number of thiol groups is 2. The largest absolute Gasteiger partial charge is 0.143 e. The van der Waals surface area contributed by atoms with Crippen molar-refractivity contribution in [3.8, 4) is 0 Å². The van der Waals surface area contributed by atoms with Crippen LogP contribution < -0.4 is 0 Å². The zero-order valence-electron chi connectivity index (χ0n) is 18.7. The van der Waals surface area contributed by atoms with Crippen molar-refractivity contribution >= 4 is 90.0 Å². The van der Waals surface area contributed by atoms with Crippen LogP contribution in [0.1, 0.15) is 0 Å². The summed E-state index contributed by atoms with van der Waals surface area (Å²) in [5.74, 6) is 0. The number of benzene rings is 4. The molecule has 0 fully saturated rings. The Kier molecular flexibility index (Phi) is 16.6. The summed E-state index contributed by atoms with van der Waals surface area (Å²) in [6, 6.07) is 37.1. The zero-order valence-corrected chi connectivity index (χ0v) is 25.4. The van der Waals surface area contributed by atoms with Gasteiger partial charge in [0.25, 0.3) is 0 Å². The van der Waals surface area contributed by atoms with E-state index in [-0.39, 0.29) is 0 Å². The van der Waals surface area contributed by atoms with Crippen molar-refractivity contribution in [3.63, 3.8) is 0 Å². The molecule has 4 aromatic carbocycles. The topological polar surface area (TPSA) is 0 Å². The number of rotatable bonds is 7. The summed E-state index contributed by atoms with van der Waals surface area (Å²) < 4.78 is 0. The van der Waals surface area contributed by atoms with Crippen LogP contribution in [0.4, 0.5) is 0 Å². The van der Waals surface area contributed by atoms with E-state index in [4.69, 9.17) is 0 Å². The first-order chi connectivity index (χ1) is 16.6. The molecule has 34 heavy (non-hydrogen) atoms. The van der Waals surface area contributed by atoms with Crippen molar-refractivity contribution in [2.24, 2.45) is 0 Å². The molecule has 4 rings (SSSR count). The fraction of sp³-hybridized carbons (Fsp3) is 0.0769. The second-order valence-electron chi connectivity index (χ2n) is 6.28. The average Bonchev–Trinajstić information content (AvgIpc) is 2.88. The Balaban J connectivity index is 0.000000202.